The summed E-state index contributed by atoms with van der Waals surface area (Å²) in [7, 11) is 2.06. The number of para-hydroxylation sites is 1. The second-order valence-corrected chi connectivity index (χ2v) is 8.48. The van der Waals surface area contributed by atoms with Gasteiger partial charge in [-0.05, 0) is 42.2 Å². The Morgan fingerprint density at radius 1 is 1.10 bits per heavy atom. The molecule has 0 bridgehead atoms. The minimum atomic E-state index is -0.0470. The van der Waals surface area contributed by atoms with E-state index < -0.39 is 0 Å². The number of fused-ring (bicyclic) bond motifs is 2. The number of benzene rings is 2. The van der Waals surface area contributed by atoms with Crippen molar-refractivity contribution in [2.24, 2.45) is 7.05 Å². The molecule has 1 amide bonds. The van der Waals surface area contributed by atoms with Gasteiger partial charge in [0, 0.05) is 42.5 Å². The average Bonchev–Trinajstić information content (AvgIpc) is 3.37. The normalized spacial score (nSPS) is 17.2. The Hall–Kier alpha value is -2.95. The first kappa shape index (κ1) is 19.0. The highest BCUT2D eigenvalue weighted by atomic mass is 16.7. The predicted octanol–water partition coefficient (Wildman–Crippen LogP) is 4.88. The number of nitrogens with one attached hydrogen (secondary N) is 1. The molecule has 1 aliphatic carbocycles. The van der Waals surface area contributed by atoms with Crippen LogP contribution in [0, 0.1) is 0 Å². The van der Waals surface area contributed by atoms with E-state index >= 15 is 0 Å². The van der Waals surface area contributed by atoms with Gasteiger partial charge in [-0.15, -0.1) is 0 Å². The predicted molar refractivity (Wildman–Crippen MR) is 117 cm³/mol. The van der Waals surface area contributed by atoms with E-state index in [1.54, 1.807) is 0 Å². The van der Waals surface area contributed by atoms with Crippen molar-refractivity contribution < 1.29 is 14.3 Å². The van der Waals surface area contributed by atoms with Gasteiger partial charge >= 0.3 is 0 Å². The number of hydrogen-bond acceptors (Lipinski definition) is 3. The second-order valence-electron chi connectivity index (χ2n) is 8.48. The van der Waals surface area contributed by atoms with Crippen LogP contribution < -0.4 is 14.8 Å². The molecule has 2 heterocycles. The zero-order valence-corrected chi connectivity index (χ0v) is 17.4. The Labute approximate surface area is 177 Å². The quantitative estimate of drug-likeness (QED) is 0.660. The number of aryl methyl sites for hydroxylation is 1. The minimum absolute atomic E-state index is 0.0470. The molecule has 1 saturated carbocycles. The van der Waals surface area contributed by atoms with E-state index in [0.29, 0.717) is 12.5 Å². The molecule has 1 aromatic heterocycles. The van der Waals surface area contributed by atoms with Gasteiger partial charge in [0.25, 0.3) is 0 Å². The molecule has 2 aliphatic rings. The molecule has 156 valence electrons. The van der Waals surface area contributed by atoms with Gasteiger partial charge in [0.2, 0.25) is 12.7 Å². The summed E-state index contributed by atoms with van der Waals surface area (Å²) in [6.45, 7) is 0.250. The lowest BCUT2D eigenvalue weighted by molar-refractivity contribution is -0.122. The maximum absolute atomic E-state index is 13.1. The first-order valence-corrected chi connectivity index (χ1v) is 10.9. The molecule has 2 aromatic carbocycles. The van der Waals surface area contributed by atoms with Gasteiger partial charge in [0.05, 0.1) is 0 Å². The van der Waals surface area contributed by atoms with Gasteiger partial charge in [-0.1, -0.05) is 43.5 Å². The number of nitrogens with zero attached hydrogens (tertiary/aromatic N) is 1. The topological polar surface area (TPSA) is 52.5 Å². The van der Waals surface area contributed by atoms with Crippen LogP contribution in [0.15, 0.2) is 48.7 Å². The molecule has 30 heavy (non-hydrogen) atoms. The van der Waals surface area contributed by atoms with E-state index in [2.05, 4.69) is 53.5 Å². The number of carbonyl (C=O) groups is 1. The molecular weight excluding hydrogens is 376 g/mol. The lowest BCUT2D eigenvalue weighted by Crippen LogP contribution is -2.36. The summed E-state index contributed by atoms with van der Waals surface area (Å²) in [4.78, 5) is 13.1. The zero-order chi connectivity index (χ0) is 20.5. The fourth-order valence-electron chi connectivity index (χ4n) is 4.91. The third kappa shape index (κ3) is 3.64. The van der Waals surface area contributed by atoms with Gasteiger partial charge in [-0.25, -0.2) is 0 Å². The molecular formula is C25H28N2O3. The molecule has 0 saturated heterocycles. The maximum Gasteiger partial charge on any atom is 0.231 e. The van der Waals surface area contributed by atoms with Crippen molar-refractivity contribution in [3.63, 3.8) is 0 Å². The smallest absolute Gasteiger partial charge is 0.231 e. The van der Waals surface area contributed by atoms with Gasteiger partial charge in [0.15, 0.2) is 11.5 Å². The Balaban J connectivity index is 1.49. The monoisotopic (exact) mass is 404 g/mol. The van der Waals surface area contributed by atoms with E-state index in [1.165, 1.54) is 35.7 Å². The third-order valence-corrected chi connectivity index (χ3v) is 6.46. The largest absolute Gasteiger partial charge is 0.454 e. The molecule has 5 rings (SSSR count). The van der Waals surface area contributed by atoms with E-state index in [4.69, 9.17) is 9.47 Å². The number of amides is 1. The average molecular weight is 405 g/mol. The Morgan fingerprint density at radius 2 is 1.90 bits per heavy atom. The van der Waals surface area contributed by atoms with Crippen molar-refractivity contribution >= 4 is 16.8 Å². The minimum Gasteiger partial charge on any atom is -0.454 e. The molecule has 0 radical (unpaired) electrons. The van der Waals surface area contributed by atoms with Gasteiger partial charge < -0.3 is 19.4 Å². The third-order valence-electron chi connectivity index (χ3n) is 6.46. The lowest BCUT2D eigenvalue weighted by atomic mass is 9.87. The van der Waals surface area contributed by atoms with Crippen LogP contribution >= 0.6 is 0 Å². The van der Waals surface area contributed by atoms with Crippen molar-refractivity contribution in [3.8, 4) is 11.5 Å². The maximum atomic E-state index is 13.1. The Bertz CT molecular complexity index is 1070. The first-order chi connectivity index (χ1) is 14.7. The summed E-state index contributed by atoms with van der Waals surface area (Å²) in [6, 6.07) is 14.7. The van der Waals surface area contributed by atoms with Crippen molar-refractivity contribution in [3.05, 3.63) is 59.8 Å². The van der Waals surface area contributed by atoms with E-state index in [-0.39, 0.29) is 18.6 Å². The molecule has 1 N–H and O–H groups in total. The van der Waals surface area contributed by atoms with Crippen LogP contribution in [0.25, 0.3) is 10.9 Å². The van der Waals surface area contributed by atoms with Crippen molar-refractivity contribution in [1.29, 1.82) is 0 Å². The highest BCUT2D eigenvalue weighted by Gasteiger charge is 2.26. The zero-order valence-electron chi connectivity index (χ0n) is 17.4. The number of hydrogen-bond donors (Lipinski definition) is 1. The van der Waals surface area contributed by atoms with Gasteiger partial charge in [-0.3, -0.25) is 4.79 Å². The summed E-state index contributed by atoms with van der Waals surface area (Å²) in [6.07, 6.45) is 8.46. The molecule has 3 aromatic rings. The molecule has 0 unspecified atom stereocenters. The standard InChI is InChI=1S/C25H28N2O3/c1-27-15-21(19-9-5-6-10-22(19)27)20(14-25(28)26-18-7-3-2-4-8-18)17-11-12-23-24(13-17)30-16-29-23/h5-6,9-13,15,18,20H,2-4,7-8,14,16H2,1H3,(H,26,28)/t20-/m1/s1. The molecule has 5 heteroatoms. The fraction of sp³-hybridized carbons (Fsp3) is 0.400. The van der Waals surface area contributed by atoms with Crippen LogP contribution in [0.4, 0.5) is 0 Å². The second kappa shape index (κ2) is 8.05. The van der Waals surface area contributed by atoms with Crippen molar-refractivity contribution in [2.45, 2.75) is 50.5 Å². The lowest BCUT2D eigenvalue weighted by Gasteiger charge is -2.24. The number of carbonyl (C=O) groups excluding carboxylic acids is 1. The highest BCUT2D eigenvalue weighted by Crippen LogP contribution is 2.40. The first-order valence-electron chi connectivity index (χ1n) is 10.9. The summed E-state index contributed by atoms with van der Waals surface area (Å²) >= 11 is 0. The summed E-state index contributed by atoms with van der Waals surface area (Å²) in [5, 5.41) is 4.48. The summed E-state index contributed by atoms with van der Waals surface area (Å²) < 4.78 is 13.2. The van der Waals surface area contributed by atoms with Crippen LogP contribution in [0.2, 0.25) is 0 Å². The molecule has 1 fully saturated rings. The van der Waals surface area contributed by atoms with Crippen LogP contribution in [0.5, 0.6) is 11.5 Å². The van der Waals surface area contributed by atoms with Crippen molar-refractivity contribution in [1.82, 2.24) is 9.88 Å². The van der Waals surface area contributed by atoms with Crippen LogP contribution in [-0.4, -0.2) is 23.3 Å². The van der Waals surface area contributed by atoms with E-state index in [0.717, 1.165) is 29.9 Å². The van der Waals surface area contributed by atoms with Crippen LogP contribution in [0.3, 0.4) is 0 Å². The summed E-state index contributed by atoms with van der Waals surface area (Å²) in [5.41, 5.74) is 3.42. The van der Waals surface area contributed by atoms with E-state index in [9.17, 15) is 4.79 Å². The number of aromatic nitrogens is 1. The number of rotatable bonds is 5. The van der Waals surface area contributed by atoms with Crippen LogP contribution in [-0.2, 0) is 11.8 Å². The Morgan fingerprint density at radius 3 is 2.77 bits per heavy atom. The van der Waals surface area contributed by atoms with Crippen LogP contribution in [0.1, 0.15) is 55.6 Å². The molecule has 0 spiro atoms. The van der Waals surface area contributed by atoms with Crippen molar-refractivity contribution in [2.75, 3.05) is 6.79 Å². The SMILES string of the molecule is Cn1cc([C@H](CC(=O)NC2CCCCC2)c2ccc3c(c2)OCO3)c2ccccc21. The highest BCUT2D eigenvalue weighted by molar-refractivity contribution is 5.86. The van der Waals surface area contributed by atoms with E-state index in [1.807, 2.05) is 12.1 Å². The van der Waals surface area contributed by atoms with Gasteiger partial charge in [-0.2, -0.15) is 0 Å². The molecule has 5 nitrogen and oxygen atoms in total. The molecule has 1 aliphatic heterocycles. The molecule has 1 atom stereocenters. The number of ether oxygens (including phenoxy) is 2. The summed E-state index contributed by atoms with van der Waals surface area (Å²) in [5.74, 6) is 1.60. The fourth-order valence-corrected chi connectivity index (χ4v) is 4.91. The van der Waals surface area contributed by atoms with Gasteiger partial charge in [0.1, 0.15) is 0 Å². The Kier molecular flexibility index (Phi) is 5.11.